The van der Waals surface area contributed by atoms with E-state index in [1.54, 1.807) is 31.2 Å². The third-order valence-electron chi connectivity index (χ3n) is 5.76. The Labute approximate surface area is 240 Å². The van der Waals surface area contributed by atoms with Crippen LogP contribution in [0.15, 0.2) is 30.5 Å². The number of hydrogen-bond donors (Lipinski definition) is 2. The van der Waals surface area contributed by atoms with Crippen LogP contribution < -0.4 is 15.4 Å². The molecule has 4 rings (SSSR count). The number of amides is 2. The summed E-state index contributed by atoms with van der Waals surface area (Å²) in [5, 5.41) is 20.5. The average Bonchev–Trinajstić information content (AvgIpc) is 3.30. The van der Waals surface area contributed by atoms with E-state index in [2.05, 4.69) is 36.1 Å². The van der Waals surface area contributed by atoms with E-state index in [1.807, 2.05) is 0 Å². The molecule has 0 unspecified atom stereocenters. The zero-order valence-corrected chi connectivity index (χ0v) is 23.3. The first-order valence-electron chi connectivity index (χ1n) is 12.0. The van der Waals surface area contributed by atoms with Crippen LogP contribution >= 0.6 is 24.8 Å². The number of alkyl halides is 3. The fourth-order valence-corrected chi connectivity index (χ4v) is 3.87. The molecule has 0 bridgehead atoms. The highest BCUT2D eigenvalue weighted by molar-refractivity contribution is 5.91. The standard InChI is InChI=1S/C24H27F3N8O3.2ClH/c1-14-7-18(38-19-10-24(26,27)11-19)8-17(29-14)9-22(36)30-21-6-5-16(31-33-21)4-3-15(25)12-35-13-20(32-34-35)23(37)28-2;;/h5-8,13,15,19H,3-4,9-12H2,1-2H3,(H,28,37)(H,30,33,36);2*1H/t15-;;/m1../s1. The molecule has 1 aliphatic rings. The summed E-state index contributed by atoms with van der Waals surface area (Å²) in [6.45, 7) is 1.67. The number of ether oxygens (including phenoxy) is 1. The number of aryl methyl sites for hydroxylation is 2. The minimum Gasteiger partial charge on any atom is -0.490 e. The number of nitrogens with zero attached hydrogens (tertiary/aromatic N) is 6. The summed E-state index contributed by atoms with van der Waals surface area (Å²) in [7, 11) is 1.47. The van der Waals surface area contributed by atoms with E-state index in [9.17, 15) is 22.8 Å². The number of aromatic nitrogens is 6. The summed E-state index contributed by atoms with van der Waals surface area (Å²) >= 11 is 0. The van der Waals surface area contributed by atoms with Crippen molar-refractivity contribution in [2.45, 2.75) is 63.8 Å². The molecule has 0 spiro atoms. The average molecular weight is 605 g/mol. The van der Waals surface area contributed by atoms with E-state index < -0.39 is 24.1 Å². The molecule has 1 fully saturated rings. The quantitative estimate of drug-likeness (QED) is 0.340. The number of carbonyl (C=O) groups excluding carboxylic acids is 2. The Morgan fingerprint density at radius 1 is 1.15 bits per heavy atom. The Balaban J connectivity index is 0.00000280. The lowest BCUT2D eigenvalue weighted by molar-refractivity contribution is -0.134. The van der Waals surface area contributed by atoms with Gasteiger partial charge in [0, 0.05) is 37.7 Å². The van der Waals surface area contributed by atoms with Crippen molar-refractivity contribution in [3.05, 3.63) is 53.2 Å². The van der Waals surface area contributed by atoms with Gasteiger partial charge in [-0.15, -0.1) is 35.0 Å². The Bertz CT molecular complexity index is 1290. The van der Waals surface area contributed by atoms with Gasteiger partial charge in [-0.2, -0.15) is 5.10 Å². The molecule has 3 aromatic heterocycles. The van der Waals surface area contributed by atoms with Gasteiger partial charge in [0.15, 0.2) is 11.5 Å². The van der Waals surface area contributed by atoms with Gasteiger partial charge in [0.25, 0.3) is 11.8 Å². The summed E-state index contributed by atoms with van der Waals surface area (Å²) in [6.07, 6.45) is -0.695. The van der Waals surface area contributed by atoms with Crippen LogP contribution in [0.4, 0.5) is 19.0 Å². The lowest BCUT2D eigenvalue weighted by Crippen LogP contribution is -2.43. The number of carbonyl (C=O) groups is 2. The second-order valence-electron chi connectivity index (χ2n) is 9.12. The molecule has 3 heterocycles. The number of pyridine rings is 1. The van der Waals surface area contributed by atoms with Gasteiger partial charge in [0.2, 0.25) is 5.91 Å². The molecule has 218 valence electrons. The van der Waals surface area contributed by atoms with Crippen LogP contribution in [0.1, 0.15) is 46.8 Å². The second kappa shape index (κ2) is 14.2. The van der Waals surface area contributed by atoms with Crippen LogP contribution in [0.5, 0.6) is 5.75 Å². The van der Waals surface area contributed by atoms with Gasteiger partial charge in [0.1, 0.15) is 18.0 Å². The molecule has 16 heteroatoms. The normalized spacial score (nSPS) is 14.6. The zero-order valence-electron chi connectivity index (χ0n) is 21.6. The molecule has 11 nitrogen and oxygen atoms in total. The van der Waals surface area contributed by atoms with E-state index in [4.69, 9.17) is 4.74 Å². The van der Waals surface area contributed by atoms with Gasteiger partial charge in [-0.3, -0.25) is 14.6 Å². The van der Waals surface area contributed by atoms with Crippen LogP contribution in [0.25, 0.3) is 0 Å². The molecule has 2 N–H and O–H groups in total. The van der Waals surface area contributed by atoms with Gasteiger partial charge in [-0.1, -0.05) is 5.21 Å². The topological polar surface area (TPSA) is 137 Å². The van der Waals surface area contributed by atoms with Crippen molar-refractivity contribution < 1.29 is 27.5 Å². The first-order chi connectivity index (χ1) is 18.1. The SMILES string of the molecule is CNC(=O)c1cn(C[C@H](F)CCc2ccc(NC(=O)Cc3cc(OC4CC(F)(F)C4)cc(C)n3)nn2)nn1.Cl.Cl. The lowest BCUT2D eigenvalue weighted by Gasteiger charge is -2.34. The van der Waals surface area contributed by atoms with Gasteiger partial charge < -0.3 is 15.4 Å². The Morgan fingerprint density at radius 3 is 2.55 bits per heavy atom. The Hall–Kier alpha value is -3.52. The molecule has 3 aromatic rings. The number of hydrogen-bond acceptors (Lipinski definition) is 8. The summed E-state index contributed by atoms with van der Waals surface area (Å²) in [4.78, 5) is 28.3. The highest BCUT2D eigenvalue weighted by atomic mass is 35.5. The summed E-state index contributed by atoms with van der Waals surface area (Å²) in [5.74, 6) is -2.86. The first-order valence-corrected chi connectivity index (χ1v) is 12.0. The van der Waals surface area contributed by atoms with E-state index >= 15 is 0 Å². The number of rotatable bonds is 11. The van der Waals surface area contributed by atoms with Gasteiger partial charge >= 0.3 is 0 Å². The van der Waals surface area contributed by atoms with Crippen LogP contribution in [0.3, 0.4) is 0 Å². The molecule has 40 heavy (non-hydrogen) atoms. The second-order valence-corrected chi connectivity index (χ2v) is 9.12. The van der Waals surface area contributed by atoms with Crippen molar-refractivity contribution in [3.8, 4) is 5.75 Å². The highest BCUT2D eigenvalue weighted by Gasteiger charge is 2.47. The van der Waals surface area contributed by atoms with Crippen LogP contribution in [0, 0.1) is 6.92 Å². The Kier molecular flexibility index (Phi) is 11.6. The maximum absolute atomic E-state index is 14.4. The molecule has 0 aliphatic heterocycles. The highest BCUT2D eigenvalue weighted by Crippen LogP contribution is 2.39. The smallest absolute Gasteiger partial charge is 0.273 e. The van der Waals surface area contributed by atoms with Crippen molar-refractivity contribution in [2.24, 2.45) is 0 Å². The molecule has 1 atom stereocenters. The summed E-state index contributed by atoms with van der Waals surface area (Å²) in [5.41, 5.74) is 1.68. The molecule has 0 saturated heterocycles. The zero-order chi connectivity index (χ0) is 27.3. The number of halogens is 5. The minimum absolute atomic E-state index is 0. The van der Waals surface area contributed by atoms with E-state index in [1.165, 1.54) is 17.9 Å². The van der Waals surface area contributed by atoms with Gasteiger partial charge in [-0.05, 0) is 31.9 Å². The molecule has 1 saturated carbocycles. The van der Waals surface area contributed by atoms with Gasteiger partial charge in [0.05, 0.1) is 30.6 Å². The lowest BCUT2D eigenvalue weighted by atomic mass is 9.91. The largest absolute Gasteiger partial charge is 0.490 e. The van der Waals surface area contributed by atoms with Crippen molar-refractivity contribution in [3.63, 3.8) is 0 Å². The summed E-state index contributed by atoms with van der Waals surface area (Å²) < 4.78 is 47.3. The van der Waals surface area contributed by atoms with Crippen molar-refractivity contribution >= 4 is 42.4 Å². The number of nitrogens with one attached hydrogen (secondary N) is 2. The van der Waals surface area contributed by atoms with Crippen LogP contribution in [0.2, 0.25) is 0 Å². The molecule has 1 aliphatic carbocycles. The predicted molar refractivity (Wildman–Crippen MR) is 143 cm³/mol. The monoisotopic (exact) mass is 604 g/mol. The molecular weight excluding hydrogens is 576 g/mol. The fraction of sp³-hybridized carbons (Fsp3) is 0.458. The van der Waals surface area contributed by atoms with E-state index in [0.717, 1.165) is 0 Å². The first kappa shape index (κ1) is 32.7. The summed E-state index contributed by atoms with van der Waals surface area (Å²) in [6, 6.07) is 6.40. The van der Waals surface area contributed by atoms with E-state index in [0.29, 0.717) is 29.3 Å². The van der Waals surface area contributed by atoms with Crippen molar-refractivity contribution in [1.29, 1.82) is 0 Å². The minimum atomic E-state index is -2.68. The van der Waals surface area contributed by atoms with Gasteiger partial charge in [-0.25, -0.2) is 17.9 Å². The molecule has 0 radical (unpaired) electrons. The molecular formula is C24H29Cl2F3N8O3. The van der Waals surface area contributed by atoms with Crippen molar-refractivity contribution in [2.75, 3.05) is 12.4 Å². The fourth-order valence-electron chi connectivity index (χ4n) is 3.87. The third kappa shape index (κ3) is 9.30. The van der Waals surface area contributed by atoms with E-state index in [-0.39, 0.29) is 74.5 Å². The maximum atomic E-state index is 14.4. The van der Waals surface area contributed by atoms with Crippen LogP contribution in [-0.4, -0.2) is 67.2 Å². The molecule has 2 amide bonds. The van der Waals surface area contributed by atoms with Crippen molar-refractivity contribution in [1.82, 2.24) is 35.5 Å². The van der Waals surface area contributed by atoms with Crippen LogP contribution in [-0.2, 0) is 24.2 Å². The predicted octanol–water partition coefficient (Wildman–Crippen LogP) is 3.30. The Morgan fingerprint density at radius 2 is 1.90 bits per heavy atom. The third-order valence-corrected chi connectivity index (χ3v) is 5.76. The number of anilines is 1. The molecule has 0 aromatic carbocycles. The maximum Gasteiger partial charge on any atom is 0.273 e.